The number of aromatic nitrogens is 4. The molecule has 8 aromatic rings. The number of aryl methyl sites for hydroxylation is 14. The molecule has 0 N–H and O–H groups in total. The Balaban J connectivity index is 0.000000226. The molecule has 4 nitrogen and oxygen atoms in total. The third kappa shape index (κ3) is 17.3. The molecule has 4 aromatic heterocycles. The molecule has 0 saturated carbocycles. The van der Waals surface area contributed by atoms with Crippen molar-refractivity contribution in [1.29, 1.82) is 0 Å². The first-order chi connectivity index (χ1) is 41.9. The molecule has 0 bridgehead atoms. The fourth-order valence-corrected chi connectivity index (χ4v) is 11.0. The van der Waals surface area contributed by atoms with Crippen molar-refractivity contribution in [2.75, 3.05) is 0 Å². The van der Waals surface area contributed by atoms with Crippen molar-refractivity contribution in [3.63, 3.8) is 0 Å². The first-order valence-electron chi connectivity index (χ1n) is 34.4. The minimum absolute atomic E-state index is 0.0978. The molecule has 0 fully saturated rings. The van der Waals surface area contributed by atoms with Gasteiger partial charge in [-0.25, -0.2) is 18.3 Å². The van der Waals surface area contributed by atoms with Gasteiger partial charge in [0.05, 0.1) is 0 Å². The zero-order valence-corrected chi connectivity index (χ0v) is 55.1. The lowest BCUT2D eigenvalue weighted by Crippen LogP contribution is -2.34. The van der Waals surface area contributed by atoms with Crippen LogP contribution in [0.3, 0.4) is 0 Å². The van der Waals surface area contributed by atoms with E-state index in [2.05, 4.69) is 211 Å². The van der Waals surface area contributed by atoms with E-state index in [0.29, 0.717) is 22.4 Å². The van der Waals surface area contributed by atoms with Crippen LogP contribution in [0.1, 0.15) is 187 Å². The minimum atomic E-state index is -2.19. The van der Waals surface area contributed by atoms with Gasteiger partial charge in [0.2, 0.25) is 22.8 Å². The van der Waals surface area contributed by atoms with Gasteiger partial charge < -0.3 is 0 Å². The van der Waals surface area contributed by atoms with Crippen molar-refractivity contribution in [3.05, 3.63) is 211 Å². The summed E-state index contributed by atoms with van der Waals surface area (Å²) in [7, 11) is 8.13. The van der Waals surface area contributed by atoms with Crippen molar-refractivity contribution in [2.45, 2.75) is 188 Å². The van der Waals surface area contributed by atoms with Gasteiger partial charge in [0.25, 0.3) is 0 Å². The topological polar surface area (TPSA) is 15.5 Å². The largest absolute Gasteiger partial charge is 0.212 e. The smallest absolute Gasteiger partial charge is 0.201 e. The Bertz CT molecular complexity index is 3940. The third-order valence-electron chi connectivity index (χ3n) is 15.1. The van der Waals surface area contributed by atoms with Crippen molar-refractivity contribution < 1.29 is 32.0 Å². The summed E-state index contributed by atoms with van der Waals surface area (Å²) in [5.41, 5.74) is 24.5. The Labute approximate surface area is 514 Å². The molecule has 0 aliphatic heterocycles. The molecule has 0 aliphatic carbocycles. The van der Waals surface area contributed by atoms with Crippen molar-refractivity contribution in [2.24, 2.45) is 40.0 Å². The van der Waals surface area contributed by atoms with E-state index in [1.54, 1.807) is 81.9 Å². The van der Waals surface area contributed by atoms with E-state index < -0.39 is 26.4 Å². The van der Waals surface area contributed by atoms with E-state index in [0.717, 1.165) is 27.9 Å². The Kier molecular flexibility index (Phi) is 17.4. The lowest BCUT2D eigenvalue weighted by atomic mass is 9.84. The highest BCUT2D eigenvalue weighted by Gasteiger charge is 2.26. The summed E-state index contributed by atoms with van der Waals surface area (Å²) >= 11 is 0. The number of nitrogens with zero attached hydrogens (tertiary/aromatic N) is 4. The summed E-state index contributed by atoms with van der Waals surface area (Å²) in [5, 5.41) is 0. The second-order valence-corrected chi connectivity index (χ2v) is 26.7. The highest BCUT2D eigenvalue weighted by Crippen LogP contribution is 2.32. The summed E-state index contributed by atoms with van der Waals surface area (Å²) < 4.78 is 88.6. The Morgan fingerprint density at radius 2 is 0.659 bits per heavy atom. The van der Waals surface area contributed by atoms with Crippen LogP contribution in [0.15, 0.2) is 128 Å². The van der Waals surface area contributed by atoms with Gasteiger partial charge in [-0.1, -0.05) is 161 Å². The van der Waals surface area contributed by atoms with E-state index in [-0.39, 0.29) is 33.6 Å². The Morgan fingerprint density at radius 1 is 0.354 bits per heavy atom. The highest BCUT2D eigenvalue weighted by molar-refractivity contribution is 5.65. The average Bonchev–Trinajstić information content (AvgIpc) is 0.763. The lowest BCUT2D eigenvalue weighted by Gasteiger charge is -2.20. The van der Waals surface area contributed by atoms with Gasteiger partial charge >= 0.3 is 0 Å². The van der Waals surface area contributed by atoms with Crippen LogP contribution in [0.2, 0.25) is 0 Å². The Morgan fingerprint density at radius 3 is 0.988 bits per heavy atom. The molecule has 4 heteroatoms. The maximum absolute atomic E-state index is 8.70. The standard InChI is InChI=1S/C22H32N.2C19H26N.C18H24N/c1-15(2)10-19-13-22(21-9-8-17(5)12-18(21)6)23(7)14-20(19)11-16(3)4;2*1-13-8-9-16(14(2)10-13)18-11-15(3)17(12-20(18)7)19(4,5)6;1-13-9-7-8-10-15(13)17-11-14(2)16(12-19(17)6)18(3,4)5/h8-9,12-16H,10-11H2,1-7H3;2*8-12H,1-7H3;7-12H,1-6H3/q4*+1/i5D3,10D2,11D2;1D3;;. The van der Waals surface area contributed by atoms with Crippen LogP contribution in [0.25, 0.3) is 45.0 Å². The SMILES string of the molecule is Cc1ccc(-c2cc(C)c(C(C)(C)C)c[n+]2C)c(C)c1.Cc1ccccc1-c1cc(C)c(C(C)(C)C)c[n+]1C.[2H]C([2H])([2H])c1ccc(-c2cc(C([2H])([2H])C(C)C)c(C([2H])([2H])C(C)C)c[n+]2C)c(C)c1.[2H]C([2H])([2H])c1ccc(-c2cc(C)c(C(C)(C)C)c[n+]2C)c(C)c1. The van der Waals surface area contributed by atoms with Crippen LogP contribution >= 0.6 is 0 Å². The predicted octanol–water partition coefficient (Wildman–Crippen LogP) is 18.1. The van der Waals surface area contributed by atoms with E-state index in [9.17, 15) is 0 Å². The summed E-state index contributed by atoms with van der Waals surface area (Å²) in [5.74, 6) is -0.677. The molecule has 0 radical (unpaired) electrons. The minimum Gasteiger partial charge on any atom is -0.201 e. The maximum atomic E-state index is 8.70. The monoisotopic (exact) mass is 1110 g/mol. The molecule has 0 atom stereocenters. The number of rotatable bonds is 8. The van der Waals surface area contributed by atoms with Crippen molar-refractivity contribution in [1.82, 2.24) is 0 Å². The van der Waals surface area contributed by atoms with Crippen molar-refractivity contribution >= 4 is 0 Å². The Hall–Kier alpha value is -6.52. The number of benzene rings is 4. The van der Waals surface area contributed by atoms with E-state index in [1.165, 1.54) is 72.6 Å². The average molecular weight is 1110 g/mol. The fourth-order valence-electron chi connectivity index (χ4n) is 11.0. The molecular weight excluding hydrogens is 993 g/mol. The molecule has 0 unspecified atom stereocenters. The molecule has 8 rings (SSSR count). The summed E-state index contributed by atoms with van der Waals surface area (Å²) in [6.07, 6.45) is 4.99. The number of pyridine rings is 4. The van der Waals surface area contributed by atoms with Gasteiger partial charge in [-0.2, -0.15) is 0 Å². The normalized spacial score (nSPS) is 14.1. The van der Waals surface area contributed by atoms with Crippen LogP contribution in [-0.4, -0.2) is 0 Å². The summed E-state index contributed by atoms with van der Waals surface area (Å²) in [4.78, 5) is 0. The molecule has 4 heterocycles. The van der Waals surface area contributed by atoms with E-state index in [4.69, 9.17) is 13.7 Å². The molecule has 4 aromatic carbocycles. The van der Waals surface area contributed by atoms with E-state index >= 15 is 0 Å². The molecule has 0 saturated heterocycles. The first-order valence-corrected chi connectivity index (χ1v) is 29.4. The second kappa shape index (κ2) is 27.3. The van der Waals surface area contributed by atoms with E-state index in [1.807, 2.05) is 27.0 Å². The van der Waals surface area contributed by atoms with Crippen LogP contribution in [0, 0.1) is 80.9 Å². The van der Waals surface area contributed by atoms with Crippen LogP contribution in [-0.2, 0) is 57.2 Å². The summed E-state index contributed by atoms with van der Waals surface area (Å²) in [6, 6.07) is 34.2. The van der Waals surface area contributed by atoms with Crippen LogP contribution < -0.4 is 18.3 Å². The zero-order chi connectivity index (χ0) is 70.1. The van der Waals surface area contributed by atoms with Gasteiger partial charge in [-0.3, -0.25) is 0 Å². The van der Waals surface area contributed by atoms with Crippen LogP contribution in [0.4, 0.5) is 0 Å². The van der Waals surface area contributed by atoms with Gasteiger partial charge in [0.15, 0.2) is 24.8 Å². The fraction of sp³-hybridized carbons (Fsp3) is 0.436. The highest BCUT2D eigenvalue weighted by atomic mass is 14.9. The van der Waals surface area contributed by atoms with Crippen LogP contribution in [0.5, 0.6) is 0 Å². The lowest BCUT2D eigenvalue weighted by molar-refractivity contribution is -0.661. The molecule has 82 heavy (non-hydrogen) atoms. The van der Waals surface area contributed by atoms with Gasteiger partial charge in [0, 0.05) is 82.5 Å². The van der Waals surface area contributed by atoms with Gasteiger partial charge in [-0.15, -0.1) is 0 Å². The molecule has 0 amide bonds. The molecule has 436 valence electrons. The zero-order valence-electron chi connectivity index (χ0n) is 65.1. The summed E-state index contributed by atoms with van der Waals surface area (Å²) in [6.45, 7) is 40.0. The quantitative estimate of drug-likeness (QED) is 0.135. The predicted molar refractivity (Wildman–Crippen MR) is 353 cm³/mol. The first kappa shape index (κ1) is 52.3. The van der Waals surface area contributed by atoms with Gasteiger partial charge in [0.1, 0.15) is 28.2 Å². The van der Waals surface area contributed by atoms with Gasteiger partial charge in [-0.05, 0) is 179 Å². The number of hydrogen-bond acceptors (Lipinski definition) is 0. The van der Waals surface area contributed by atoms with Crippen molar-refractivity contribution in [3.8, 4) is 45.0 Å². The second-order valence-electron chi connectivity index (χ2n) is 26.7. The third-order valence-corrected chi connectivity index (χ3v) is 15.1. The molecule has 0 spiro atoms. The molecular formula is C78H108N4+4. The molecule has 0 aliphatic rings. The number of hydrogen-bond donors (Lipinski definition) is 0. The maximum Gasteiger partial charge on any atom is 0.212 e.